The maximum absolute atomic E-state index is 11.8. The van der Waals surface area contributed by atoms with Crippen molar-refractivity contribution >= 4 is 6.09 Å². The van der Waals surface area contributed by atoms with Crippen LogP contribution >= 0.6 is 0 Å². The molecule has 3 rings (SSSR count). The second-order valence-corrected chi connectivity index (χ2v) is 6.15. The van der Waals surface area contributed by atoms with E-state index in [1.807, 2.05) is 47.3 Å². The lowest BCUT2D eigenvalue weighted by Gasteiger charge is -2.36. The number of carbonyl (C=O) groups is 1. The Labute approximate surface area is 142 Å². The van der Waals surface area contributed by atoms with E-state index in [0.717, 1.165) is 37.9 Å². The lowest BCUT2D eigenvalue weighted by atomic mass is 9.87. The van der Waals surface area contributed by atoms with E-state index in [-0.39, 0.29) is 12.1 Å². The normalized spacial score (nSPS) is 19.5. The molecule has 6 nitrogen and oxygen atoms in total. The second-order valence-electron chi connectivity index (χ2n) is 6.15. The topological polar surface area (TPSA) is 68.2 Å². The molecular formula is C18H24N4O2. The molecule has 1 amide bonds. The van der Waals surface area contributed by atoms with Crippen molar-refractivity contribution in [2.75, 3.05) is 6.54 Å². The molecule has 1 fully saturated rings. The first-order valence-electron chi connectivity index (χ1n) is 8.47. The number of alkyl carbamates (subject to hydrolysis) is 1. The summed E-state index contributed by atoms with van der Waals surface area (Å²) in [4.78, 5) is 11.8. The Morgan fingerprint density at radius 2 is 2.04 bits per heavy atom. The van der Waals surface area contributed by atoms with Crippen molar-refractivity contribution in [3.63, 3.8) is 0 Å². The van der Waals surface area contributed by atoms with Gasteiger partial charge in [0, 0.05) is 31.0 Å². The fourth-order valence-corrected chi connectivity index (χ4v) is 2.81. The molecule has 24 heavy (non-hydrogen) atoms. The number of carbonyl (C=O) groups excluding carboxylic acids is 1. The number of benzene rings is 1. The zero-order valence-electron chi connectivity index (χ0n) is 13.7. The summed E-state index contributed by atoms with van der Waals surface area (Å²) >= 11 is 0. The molecule has 1 heterocycles. The molecular weight excluding hydrogens is 304 g/mol. The van der Waals surface area contributed by atoms with Crippen LogP contribution in [-0.4, -0.2) is 34.5 Å². The number of ether oxygens (including phenoxy) is 1. The lowest BCUT2D eigenvalue weighted by Crippen LogP contribution is -2.52. The summed E-state index contributed by atoms with van der Waals surface area (Å²) in [5.74, 6) is 0. The van der Waals surface area contributed by atoms with Crippen LogP contribution in [-0.2, 0) is 17.9 Å². The number of nitrogens with one attached hydrogen (secondary N) is 2. The van der Waals surface area contributed by atoms with E-state index in [1.54, 1.807) is 6.20 Å². The number of hydrogen-bond acceptors (Lipinski definition) is 4. The highest BCUT2D eigenvalue weighted by Gasteiger charge is 2.30. The molecule has 1 aliphatic carbocycles. The Hall–Kier alpha value is -2.34. The van der Waals surface area contributed by atoms with Crippen molar-refractivity contribution in [2.24, 2.45) is 0 Å². The quantitative estimate of drug-likeness (QED) is 0.730. The van der Waals surface area contributed by atoms with E-state index in [0.29, 0.717) is 12.6 Å². The van der Waals surface area contributed by atoms with Gasteiger partial charge < -0.3 is 15.4 Å². The van der Waals surface area contributed by atoms with E-state index >= 15 is 0 Å². The highest BCUT2D eigenvalue weighted by Crippen LogP contribution is 2.20. The fourth-order valence-electron chi connectivity index (χ4n) is 2.81. The predicted molar refractivity (Wildman–Crippen MR) is 91.4 cm³/mol. The van der Waals surface area contributed by atoms with Crippen LogP contribution in [0, 0.1) is 0 Å². The third kappa shape index (κ3) is 5.09. The third-order valence-electron chi connectivity index (χ3n) is 4.23. The SMILES string of the molecule is O=C(NC1CC(NCCCn2cccn2)C1)OCc1ccccc1. The lowest BCUT2D eigenvalue weighted by molar-refractivity contribution is 0.125. The van der Waals surface area contributed by atoms with Crippen molar-refractivity contribution in [3.8, 4) is 0 Å². The molecule has 1 aliphatic rings. The smallest absolute Gasteiger partial charge is 0.407 e. The Kier molecular flexibility index (Phi) is 5.85. The van der Waals surface area contributed by atoms with Gasteiger partial charge in [-0.05, 0) is 37.4 Å². The Morgan fingerprint density at radius 1 is 1.21 bits per heavy atom. The molecule has 1 saturated carbocycles. The molecule has 0 spiro atoms. The summed E-state index contributed by atoms with van der Waals surface area (Å²) in [5.41, 5.74) is 0.998. The molecule has 6 heteroatoms. The van der Waals surface area contributed by atoms with Gasteiger partial charge in [-0.2, -0.15) is 5.10 Å². The molecule has 128 valence electrons. The molecule has 1 aromatic carbocycles. The van der Waals surface area contributed by atoms with Crippen molar-refractivity contribution in [1.29, 1.82) is 0 Å². The highest BCUT2D eigenvalue weighted by atomic mass is 16.5. The Bertz CT molecular complexity index is 609. The van der Waals surface area contributed by atoms with Crippen LogP contribution in [0.25, 0.3) is 0 Å². The van der Waals surface area contributed by atoms with Gasteiger partial charge in [-0.15, -0.1) is 0 Å². The zero-order valence-corrected chi connectivity index (χ0v) is 13.7. The van der Waals surface area contributed by atoms with Gasteiger partial charge in [0.15, 0.2) is 0 Å². The molecule has 0 bridgehead atoms. The van der Waals surface area contributed by atoms with Crippen LogP contribution in [0.5, 0.6) is 0 Å². The standard InChI is InChI=1S/C18H24N4O2/c23-18(24-14-15-6-2-1-3-7-15)21-17-12-16(13-17)19-8-4-10-22-11-5-9-20-22/h1-3,5-7,9,11,16-17,19H,4,8,10,12-14H2,(H,21,23). The molecule has 0 aliphatic heterocycles. The molecule has 0 radical (unpaired) electrons. The third-order valence-corrected chi connectivity index (χ3v) is 4.23. The van der Waals surface area contributed by atoms with Gasteiger partial charge in [-0.25, -0.2) is 4.79 Å². The van der Waals surface area contributed by atoms with E-state index in [4.69, 9.17) is 4.74 Å². The average Bonchev–Trinajstić information content (AvgIpc) is 3.08. The van der Waals surface area contributed by atoms with Crippen LogP contribution in [0.15, 0.2) is 48.8 Å². The minimum absolute atomic E-state index is 0.219. The minimum Gasteiger partial charge on any atom is -0.445 e. The van der Waals surface area contributed by atoms with Gasteiger partial charge in [-0.3, -0.25) is 4.68 Å². The summed E-state index contributed by atoms with van der Waals surface area (Å²) in [6.07, 6.45) is 6.41. The van der Waals surface area contributed by atoms with Crippen molar-refractivity contribution in [1.82, 2.24) is 20.4 Å². The molecule has 2 aromatic rings. The maximum Gasteiger partial charge on any atom is 0.407 e. The predicted octanol–water partition coefficient (Wildman–Crippen LogP) is 2.32. The van der Waals surface area contributed by atoms with Crippen molar-refractivity contribution in [3.05, 3.63) is 54.4 Å². The van der Waals surface area contributed by atoms with Crippen molar-refractivity contribution in [2.45, 2.75) is 44.5 Å². The number of aryl methyl sites for hydroxylation is 1. The summed E-state index contributed by atoms with van der Waals surface area (Å²) in [5, 5.41) is 10.6. The molecule has 2 N–H and O–H groups in total. The number of nitrogens with zero attached hydrogens (tertiary/aromatic N) is 2. The second kappa shape index (κ2) is 8.49. The number of hydrogen-bond donors (Lipinski definition) is 2. The minimum atomic E-state index is -0.332. The van der Waals surface area contributed by atoms with Gasteiger partial charge >= 0.3 is 6.09 Å². The molecule has 0 saturated heterocycles. The maximum atomic E-state index is 11.8. The van der Waals surface area contributed by atoms with Crippen LogP contribution < -0.4 is 10.6 Å². The first kappa shape index (κ1) is 16.5. The summed E-state index contributed by atoms with van der Waals surface area (Å²) in [7, 11) is 0. The van der Waals surface area contributed by atoms with Crippen molar-refractivity contribution < 1.29 is 9.53 Å². The summed E-state index contributed by atoms with van der Waals surface area (Å²) in [6.45, 7) is 2.21. The van der Waals surface area contributed by atoms with E-state index in [9.17, 15) is 4.79 Å². The van der Waals surface area contributed by atoms with Crippen LogP contribution in [0.3, 0.4) is 0 Å². The molecule has 0 atom stereocenters. The summed E-state index contributed by atoms with van der Waals surface area (Å²) < 4.78 is 7.17. The van der Waals surface area contributed by atoms with Gasteiger partial charge in [0.25, 0.3) is 0 Å². The molecule has 0 unspecified atom stereocenters. The zero-order chi connectivity index (χ0) is 16.6. The van der Waals surface area contributed by atoms with Gasteiger partial charge in [0.1, 0.15) is 6.61 Å². The van der Waals surface area contributed by atoms with E-state index < -0.39 is 0 Å². The number of amides is 1. The Balaban J connectivity index is 1.22. The van der Waals surface area contributed by atoms with E-state index in [2.05, 4.69) is 15.7 Å². The summed E-state index contributed by atoms with van der Waals surface area (Å²) in [6, 6.07) is 12.3. The monoisotopic (exact) mass is 328 g/mol. The van der Waals surface area contributed by atoms with Crippen LogP contribution in [0.1, 0.15) is 24.8 Å². The first-order valence-corrected chi connectivity index (χ1v) is 8.47. The number of aromatic nitrogens is 2. The molecule has 1 aromatic heterocycles. The van der Waals surface area contributed by atoms with Crippen LogP contribution in [0.2, 0.25) is 0 Å². The largest absolute Gasteiger partial charge is 0.445 e. The highest BCUT2D eigenvalue weighted by molar-refractivity contribution is 5.67. The first-order chi connectivity index (χ1) is 11.8. The van der Waals surface area contributed by atoms with Gasteiger partial charge in [-0.1, -0.05) is 30.3 Å². The Morgan fingerprint density at radius 3 is 2.79 bits per heavy atom. The van der Waals surface area contributed by atoms with E-state index in [1.165, 1.54) is 0 Å². The number of rotatable bonds is 8. The fraction of sp³-hybridized carbons (Fsp3) is 0.444. The average molecular weight is 328 g/mol. The van der Waals surface area contributed by atoms with Crippen LogP contribution in [0.4, 0.5) is 4.79 Å². The van der Waals surface area contributed by atoms with Gasteiger partial charge in [0.2, 0.25) is 0 Å². The van der Waals surface area contributed by atoms with Gasteiger partial charge in [0.05, 0.1) is 0 Å².